The van der Waals surface area contributed by atoms with E-state index in [1.807, 2.05) is 19.2 Å². The van der Waals surface area contributed by atoms with Gasteiger partial charge in [0.25, 0.3) is 0 Å². The van der Waals surface area contributed by atoms with Gasteiger partial charge in [0.1, 0.15) is 12.4 Å². The molecular formula is C21H31N3O2. The summed E-state index contributed by atoms with van der Waals surface area (Å²) in [6.07, 6.45) is 8.34. The zero-order valence-electron chi connectivity index (χ0n) is 15.9. The third kappa shape index (κ3) is 5.24. The van der Waals surface area contributed by atoms with E-state index >= 15 is 0 Å². The molecule has 0 unspecified atom stereocenters. The minimum atomic E-state index is 0.133. The third-order valence-electron chi connectivity index (χ3n) is 5.06. The summed E-state index contributed by atoms with van der Waals surface area (Å²) in [4.78, 5) is 17.4. The van der Waals surface area contributed by atoms with Crippen LogP contribution in [0.3, 0.4) is 0 Å². The second-order valence-corrected chi connectivity index (χ2v) is 7.12. The van der Waals surface area contributed by atoms with Crippen molar-refractivity contribution in [3.05, 3.63) is 30.0 Å². The summed E-state index contributed by atoms with van der Waals surface area (Å²) in [5.74, 6) is 1.06. The Balaban J connectivity index is 1.52. The molecule has 1 saturated heterocycles. The molecule has 1 aliphatic rings. The average Bonchev–Trinajstić information content (AvgIpc) is 3.05. The van der Waals surface area contributed by atoms with Crippen molar-refractivity contribution in [1.29, 1.82) is 0 Å². The molecule has 0 saturated carbocycles. The molecular weight excluding hydrogens is 326 g/mol. The Bertz CT molecular complexity index is 704. The minimum Gasteiger partial charge on any atom is -0.492 e. The molecule has 0 spiro atoms. The predicted octanol–water partition coefficient (Wildman–Crippen LogP) is 3.49. The summed E-state index contributed by atoms with van der Waals surface area (Å²) in [5.41, 5.74) is 2.33. The van der Waals surface area contributed by atoms with E-state index in [9.17, 15) is 4.79 Å². The van der Waals surface area contributed by atoms with Crippen LogP contribution in [0.5, 0.6) is 5.75 Å². The highest BCUT2D eigenvalue weighted by Gasteiger charge is 2.10. The molecule has 0 radical (unpaired) electrons. The number of rotatable bonds is 9. The molecule has 2 heterocycles. The summed E-state index contributed by atoms with van der Waals surface area (Å²) in [6, 6.07) is 6.22. The minimum absolute atomic E-state index is 0.133. The molecule has 2 aromatic rings. The molecule has 5 nitrogen and oxygen atoms in total. The number of hydrogen-bond acceptors (Lipinski definition) is 3. The Morgan fingerprint density at radius 2 is 2.12 bits per heavy atom. The number of fused-ring (bicyclic) bond motifs is 1. The Hall–Kier alpha value is -2.01. The molecule has 5 heteroatoms. The molecule has 1 aromatic heterocycles. The van der Waals surface area contributed by atoms with Gasteiger partial charge in [0, 0.05) is 36.6 Å². The zero-order valence-corrected chi connectivity index (χ0v) is 15.9. The largest absolute Gasteiger partial charge is 0.492 e. The van der Waals surface area contributed by atoms with Gasteiger partial charge in [-0.1, -0.05) is 13.3 Å². The third-order valence-corrected chi connectivity index (χ3v) is 5.06. The summed E-state index contributed by atoms with van der Waals surface area (Å²) >= 11 is 0. The topological polar surface area (TPSA) is 57.4 Å². The van der Waals surface area contributed by atoms with E-state index in [0.29, 0.717) is 13.0 Å². The summed E-state index contributed by atoms with van der Waals surface area (Å²) in [5, 5.41) is 4.17. The van der Waals surface area contributed by atoms with Gasteiger partial charge in [0.15, 0.2) is 0 Å². The number of carbonyl (C=O) groups excluding carboxylic acids is 1. The fourth-order valence-corrected chi connectivity index (χ4v) is 3.58. The number of aromatic amines is 1. The quantitative estimate of drug-likeness (QED) is 0.722. The lowest BCUT2D eigenvalue weighted by molar-refractivity contribution is -0.121. The van der Waals surface area contributed by atoms with Crippen LogP contribution < -0.4 is 10.1 Å². The molecule has 3 rings (SSSR count). The number of nitrogens with zero attached hydrogens (tertiary/aromatic N) is 1. The van der Waals surface area contributed by atoms with Gasteiger partial charge in [0.2, 0.25) is 5.91 Å². The number of ether oxygens (including phenoxy) is 1. The first-order valence-corrected chi connectivity index (χ1v) is 9.98. The normalized spacial score (nSPS) is 15.3. The fraction of sp³-hybridized carbons (Fsp3) is 0.571. The molecule has 142 valence electrons. The van der Waals surface area contributed by atoms with Crippen LogP contribution in [-0.2, 0) is 11.2 Å². The van der Waals surface area contributed by atoms with Gasteiger partial charge in [0.05, 0.1) is 0 Å². The lowest BCUT2D eigenvalue weighted by atomic mass is 10.1. The Kier molecular flexibility index (Phi) is 6.95. The van der Waals surface area contributed by atoms with Crippen molar-refractivity contribution in [3.8, 4) is 5.75 Å². The van der Waals surface area contributed by atoms with Gasteiger partial charge in [-0.2, -0.15) is 0 Å². The van der Waals surface area contributed by atoms with E-state index in [4.69, 9.17) is 4.74 Å². The van der Waals surface area contributed by atoms with Crippen molar-refractivity contribution in [3.63, 3.8) is 0 Å². The smallest absolute Gasteiger partial charge is 0.219 e. The molecule has 26 heavy (non-hydrogen) atoms. The van der Waals surface area contributed by atoms with E-state index < -0.39 is 0 Å². The van der Waals surface area contributed by atoms with Crippen LogP contribution in [-0.4, -0.2) is 48.6 Å². The van der Waals surface area contributed by atoms with Crippen LogP contribution in [0.25, 0.3) is 10.9 Å². The van der Waals surface area contributed by atoms with Crippen molar-refractivity contribution in [1.82, 2.24) is 15.2 Å². The summed E-state index contributed by atoms with van der Waals surface area (Å²) in [7, 11) is 0. The molecule has 0 bridgehead atoms. The van der Waals surface area contributed by atoms with E-state index in [-0.39, 0.29) is 5.91 Å². The zero-order chi connectivity index (χ0) is 18.2. The maximum Gasteiger partial charge on any atom is 0.219 e. The second kappa shape index (κ2) is 9.62. The average molecular weight is 357 g/mol. The van der Waals surface area contributed by atoms with Crippen molar-refractivity contribution in [2.75, 3.05) is 32.8 Å². The van der Waals surface area contributed by atoms with E-state index in [1.54, 1.807) is 0 Å². The number of carbonyl (C=O) groups is 1. The van der Waals surface area contributed by atoms with Crippen molar-refractivity contribution < 1.29 is 9.53 Å². The van der Waals surface area contributed by atoms with E-state index in [1.165, 1.54) is 43.3 Å². The second-order valence-electron chi connectivity index (χ2n) is 7.12. The monoisotopic (exact) mass is 357 g/mol. The number of nitrogens with one attached hydrogen (secondary N) is 2. The van der Waals surface area contributed by atoms with Crippen molar-refractivity contribution in [2.24, 2.45) is 0 Å². The number of likely N-dealkylation sites (tertiary alicyclic amines) is 1. The first-order valence-electron chi connectivity index (χ1n) is 9.98. The van der Waals surface area contributed by atoms with Crippen molar-refractivity contribution >= 4 is 16.8 Å². The molecule has 1 aliphatic heterocycles. The van der Waals surface area contributed by atoms with Crippen LogP contribution in [0, 0.1) is 0 Å². The maximum absolute atomic E-state index is 11.6. The van der Waals surface area contributed by atoms with Gasteiger partial charge in [-0.15, -0.1) is 0 Å². The van der Waals surface area contributed by atoms with Crippen LogP contribution >= 0.6 is 0 Å². The first-order chi connectivity index (χ1) is 12.8. The maximum atomic E-state index is 11.6. The summed E-state index contributed by atoms with van der Waals surface area (Å²) < 4.78 is 5.99. The van der Waals surface area contributed by atoms with E-state index in [2.05, 4.69) is 27.3 Å². The van der Waals surface area contributed by atoms with Crippen LogP contribution in [0.4, 0.5) is 0 Å². The Morgan fingerprint density at radius 1 is 1.27 bits per heavy atom. The molecule has 1 fully saturated rings. The fourth-order valence-electron chi connectivity index (χ4n) is 3.58. The summed E-state index contributed by atoms with van der Waals surface area (Å²) in [6.45, 7) is 6.83. The van der Waals surface area contributed by atoms with Gasteiger partial charge >= 0.3 is 0 Å². The first kappa shape index (κ1) is 18.8. The molecule has 0 atom stereocenters. The van der Waals surface area contributed by atoms with Crippen LogP contribution in [0.15, 0.2) is 24.4 Å². The molecule has 1 aromatic carbocycles. The number of amides is 1. The molecule has 2 N–H and O–H groups in total. The standard InChI is InChI=1S/C21H31N3O2/c1-2-6-21(25)22-10-9-17-16-23-20-8-7-18(15-19(17)20)26-14-13-24-11-4-3-5-12-24/h7-8,15-16,23H,2-6,9-14H2,1H3,(H,22,25). The Labute approximate surface area is 156 Å². The predicted molar refractivity (Wildman–Crippen MR) is 106 cm³/mol. The van der Waals surface area contributed by atoms with Gasteiger partial charge < -0.3 is 15.0 Å². The van der Waals surface area contributed by atoms with Crippen molar-refractivity contribution in [2.45, 2.75) is 45.4 Å². The highest BCUT2D eigenvalue weighted by Crippen LogP contribution is 2.24. The van der Waals surface area contributed by atoms with Gasteiger partial charge in [-0.25, -0.2) is 0 Å². The highest BCUT2D eigenvalue weighted by atomic mass is 16.5. The van der Waals surface area contributed by atoms with Crippen LogP contribution in [0.1, 0.15) is 44.6 Å². The lowest BCUT2D eigenvalue weighted by Crippen LogP contribution is -2.33. The number of benzene rings is 1. The number of piperidine rings is 1. The number of aromatic nitrogens is 1. The lowest BCUT2D eigenvalue weighted by Gasteiger charge is -2.26. The number of hydrogen-bond donors (Lipinski definition) is 2. The van der Waals surface area contributed by atoms with Gasteiger partial charge in [-0.3, -0.25) is 9.69 Å². The SMILES string of the molecule is CCCC(=O)NCCc1c[nH]c2ccc(OCCN3CCCCC3)cc12. The number of H-pyrrole nitrogens is 1. The highest BCUT2D eigenvalue weighted by molar-refractivity contribution is 5.84. The molecule has 0 aliphatic carbocycles. The van der Waals surface area contributed by atoms with Gasteiger partial charge in [-0.05, 0) is 62.5 Å². The van der Waals surface area contributed by atoms with Crippen LogP contribution in [0.2, 0.25) is 0 Å². The van der Waals surface area contributed by atoms with E-state index in [0.717, 1.165) is 37.3 Å². The Morgan fingerprint density at radius 3 is 2.92 bits per heavy atom. The molecule has 1 amide bonds.